The molecule has 3 rings (SSSR count). The van der Waals surface area contributed by atoms with Gasteiger partial charge in [-0.15, -0.1) is 0 Å². The van der Waals surface area contributed by atoms with E-state index >= 15 is 0 Å². The van der Waals surface area contributed by atoms with Gasteiger partial charge < -0.3 is 5.32 Å². The number of nitriles is 2. The van der Waals surface area contributed by atoms with Crippen molar-refractivity contribution in [3.63, 3.8) is 0 Å². The maximum absolute atomic E-state index is 13.0. The standard InChI is InChI=1S/C17H19N5O/c1-4-7-20-15(23)17-6-5-10(16(17,2)3)13-14(17)22-12(9-19)11(8-18)21-13/h10H,4-7H2,1-3H3,(H,20,23). The van der Waals surface area contributed by atoms with E-state index in [2.05, 4.69) is 29.1 Å². The minimum Gasteiger partial charge on any atom is -0.355 e. The number of carbonyl (C=O) groups excluding carboxylic acids is 1. The molecule has 0 spiro atoms. The summed E-state index contributed by atoms with van der Waals surface area (Å²) in [5.74, 6) is 0.0608. The van der Waals surface area contributed by atoms with Crippen LogP contribution in [-0.4, -0.2) is 22.4 Å². The quantitative estimate of drug-likeness (QED) is 0.918. The molecule has 0 aromatic carbocycles. The summed E-state index contributed by atoms with van der Waals surface area (Å²) in [6, 6.07) is 3.88. The third-order valence-electron chi connectivity index (χ3n) is 5.57. The molecule has 6 nitrogen and oxygen atoms in total. The lowest BCUT2D eigenvalue weighted by Gasteiger charge is -2.36. The second-order valence-electron chi connectivity index (χ2n) is 6.85. The molecule has 0 radical (unpaired) electrons. The average molecular weight is 309 g/mol. The zero-order valence-corrected chi connectivity index (χ0v) is 13.6. The number of rotatable bonds is 3. The molecule has 1 heterocycles. The highest BCUT2D eigenvalue weighted by Crippen LogP contribution is 2.67. The van der Waals surface area contributed by atoms with E-state index in [4.69, 9.17) is 0 Å². The van der Waals surface area contributed by atoms with E-state index in [9.17, 15) is 15.3 Å². The fourth-order valence-electron chi connectivity index (χ4n) is 4.31. The van der Waals surface area contributed by atoms with Crippen molar-refractivity contribution in [3.05, 3.63) is 22.8 Å². The molecule has 1 amide bonds. The van der Waals surface area contributed by atoms with Crippen molar-refractivity contribution < 1.29 is 4.79 Å². The van der Waals surface area contributed by atoms with E-state index < -0.39 is 5.41 Å². The minimum absolute atomic E-state index is 0.0114. The van der Waals surface area contributed by atoms with Gasteiger partial charge in [0.1, 0.15) is 12.1 Å². The van der Waals surface area contributed by atoms with E-state index in [1.165, 1.54) is 0 Å². The molecule has 23 heavy (non-hydrogen) atoms. The van der Waals surface area contributed by atoms with Crippen molar-refractivity contribution in [2.24, 2.45) is 5.41 Å². The number of hydrogen-bond acceptors (Lipinski definition) is 5. The Kier molecular flexibility index (Phi) is 3.37. The van der Waals surface area contributed by atoms with Crippen molar-refractivity contribution in [3.8, 4) is 12.1 Å². The second kappa shape index (κ2) is 5.03. The largest absolute Gasteiger partial charge is 0.355 e. The van der Waals surface area contributed by atoms with Gasteiger partial charge in [0.15, 0.2) is 11.4 Å². The molecule has 1 aromatic rings. The number of nitrogens with one attached hydrogen (secondary N) is 1. The van der Waals surface area contributed by atoms with Crippen molar-refractivity contribution in [2.75, 3.05) is 6.54 Å². The summed E-state index contributed by atoms with van der Waals surface area (Å²) in [5.41, 5.74) is 0.310. The third-order valence-corrected chi connectivity index (χ3v) is 5.57. The molecule has 6 heteroatoms. The molecule has 1 aromatic heterocycles. The average Bonchev–Trinajstić information content (AvgIpc) is 2.93. The molecule has 2 atom stereocenters. The molecule has 1 fully saturated rings. The van der Waals surface area contributed by atoms with Gasteiger partial charge in [-0.2, -0.15) is 10.5 Å². The van der Waals surface area contributed by atoms with E-state index in [1.54, 1.807) is 0 Å². The molecule has 2 bridgehead atoms. The van der Waals surface area contributed by atoms with Crippen LogP contribution in [0.25, 0.3) is 0 Å². The summed E-state index contributed by atoms with van der Waals surface area (Å²) in [4.78, 5) is 21.8. The fourth-order valence-corrected chi connectivity index (χ4v) is 4.31. The number of amides is 1. The Morgan fingerprint density at radius 3 is 2.57 bits per heavy atom. The van der Waals surface area contributed by atoms with Crippen LogP contribution in [0.2, 0.25) is 0 Å². The summed E-state index contributed by atoms with van der Waals surface area (Å²) >= 11 is 0. The Balaban J connectivity index is 2.21. The first-order valence-corrected chi connectivity index (χ1v) is 7.95. The topological polar surface area (TPSA) is 102 Å². The Labute approximate surface area is 135 Å². The lowest BCUT2D eigenvalue weighted by Crippen LogP contribution is -2.50. The first-order chi connectivity index (χ1) is 10.9. The molecular weight excluding hydrogens is 290 g/mol. The summed E-state index contributed by atoms with van der Waals surface area (Å²) in [6.45, 7) is 6.76. The van der Waals surface area contributed by atoms with Gasteiger partial charge in [0.2, 0.25) is 5.91 Å². The van der Waals surface area contributed by atoms with Crippen molar-refractivity contribution in [1.82, 2.24) is 15.3 Å². The summed E-state index contributed by atoms with van der Waals surface area (Å²) < 4.78 is 0. The zero-order valence-electron chi connectivity index (χ0n) is 13.6. The molecule has 1 N–H and O–H groups in total. The van der Waals surface area contributed by atoms with Gasteiger partial charge in [-0.3, -0.25) is 4.79 Å². The smallest absolute Gasteiger partial charge is 0.232 e. The van der Waals surface area contributed by atoms with Gasteiger partial charge >= 0.3 is 0 Å². The number of carbonyl (C=O) groups is 1. The van der Waals surface area contributed by atoms with Crippen molar-refractivity contribution in [1.29, 1.82) is 10.5 Å². The Morgan fingerprint density at radius 2 is 1.96 bits per heavy atom. The van der Waals surface area contributed by atoms with Crippen LogP contribution in [-0.2, 0) is 10.2 Å². The highest BCUT2D eigenvalue weighted by atomic mass is 16.2. The van der Waals surface area contributed by atoms with Crippen LogP contribution in [0.15, 0.2) is 0 Å². The highest BCUT2D eigenvalue weighted by molar-refractivity contribution is 5.91. The van der Waals surface area contributed by atoms with Crippen LogP contribution in [0.1, 0.15) is 68.7 Å². The molecule has 2 aliphatic rings. The SMILES string of the molecule is CCCNC(=O)C12CCC(c3nc(C#N)c(C#N)nc31)C2(C)C. The molecule has 118 valence electrons. The minimum atomic E-state index is -0.755. The lowest BCUT2D eigenvalue weighted by molar-refractivity contribution is -0.130. The maximum atomic E-state index is 13.0. The van der Waals surface area contributed by atoms with Gasteiger partial charge in [-0.25, -0.2) is 9.97 Å². The first-order valence-electron chi connectivity index (χ1n) is 7.95. The molecule has 0 aliphatic heterocycles. The molecule has 2 aliphatic carbocycles. The summed E-state index contributed by atoms with van der Waals surface area (Å²) in [6.07, 6.45) is 2.42. The van der Waals surface area contributed by atoms with Gasteiger partial charge in [-0.1, -0.05) is 20.8 Å². The van der Waals surface area contributed by atoms with Crippen LogP contribution in [0.5, 0.6) is 0 Å². The third kappa shape index (κ3) is 1.75. The Hall–Kier alpha value is -2.47. The van der Waals surface area contributed by atoms with Crippen LogP contribution in [0.3, 0.4) is 0 Å². The normalized spacial score (nSPS) is 26.2. The van der Waals surface area contributed by atoms with Crippen molar-refractivity contribution in [2.45, 2.75) is 51.4 Å². The second-order valence-corrected chi connectivity index (χ2v) is 6.85. The lowest BCUT2D eigenvalue weighted by atomic mass is 9.67. The van der Waals surface area contributed by atoms with Crippen LogP contribution >= 0.6 is 0 Å². The first kappa shape index (κ1) is 15.4. The van der Waals surface area contributed by atoms with Crippen LogP contribution in [0.4, 0.5) is 0 Å². The molecular formula is C17H19N5O. The summed E-state index contributed by atoms with van der Waals surface area (Å²) in [5, 5.41) is 21.4. The predicted octanol–water partition coefficient (Wildman–Crippen LogP) is 1.90. The maximum Gasteiger partial charge on any atom is 0.232 e. The summed E-state index contributed by atoms with van der Waals surface area (Å²) in [7, 11) is 0. The fraction of sp³-hybridized carbons (Fsp3) is 0.588. The highest BCUT2D eigenvalue weighted by Gasteiger charge is 2.67. The van der Waals surface area contributed by atoms with E-state index in [0.717, 1.165) is 18.5 Å². The van der Waals surface area contributed by atoms with Gasteiger partial charge in [0.05, 0.1) is 16.8 Å². The zero-order chi connectivity index (χ0) is 16.8. The number of hydrogen-bond donors (Lipinski definition) is 1. The van der Waals surface area contributed by atoms with Crippen LogP contribution < -0.4 is 5.32 Å². The Morgan fingerprint density at radius 1 is 1.30 bits per heavy atom. The van der Waals surface area contributed by atoms with Crippen LogP contribution in [0, 0.1) is 28.1 Å². The van der Waals surface area contributed by atoms with E-state index in [1.807, 2.05) is 19.1 Å². The van der Waals surface area contributed by atoms with E-state index in [0.29, 0.717) is 18.7 Å². The van der Waals surface area contributed by atoms with E-state index in [-0.39, 0.29) is 28.6 Å². The van der Waals surface area contributed by atoms with Gasteiger partial charge in [0, 0.05) is 12.5 Å². The predicted molar refractivity (Wildman–Crippen MR) is 82.2 cm³/mol. The van der Waals surface area contributed by atoms with Gasteiger partial charge in [-0.05, 0) is 24.7 Å². The number of aromatic nitrogens is 2. The van der Waals surface area contributed by atoms with Gasteiger partial charge in [0.25, 0.3) is 0 Å². The molecule has 1 saturated carbocycles. The van der Waals surface area contributed by atoms with Crippen molar-refractivity contribution >= 4 is 5.91 Å². The number of fused-ring (bicyclic) bond motifs is 5. The number of nitrogens with zero attached hydrogens (tertiary/aromatic N) is 4. The Bertz CT molecular complexity index is 770. The molecule has 0 saturated heterocycles. The monoisotopic (exact) mass is 309 g/mol. The molecule has 2 unspecified atom stereocenters.